The Morgan fingerprint density at radius 3 is 2.36 bits per heavy atom. The lowest BCUT2D eigenvalue weighted by Gasteiger charge is -1.98. The minimum atomic E-state index is 0.770. The Bertz CT molecular complexity index is 201. The molecule has 1 radical (unpaired) electrons. The van der Waals surface area contributed by atoms with Gasteiger partial charge in [0.25, 0.3) is 0 Å². The summed E-state index contributed by atoms with van der Waals surface area (Å²) in [5.74, 6) is 0. The van der Waals surface area contributed by atoms with Crippen LogP contribution < -0.4 is 5.73 Å². The second kappa shape index (κ2) is 4.14. The number of hydrogen-bond donors (Lipinski definition) is 1. The fourth-order valence-corrected chi connectivity index (χ4v) is 1.01. The molecule has 0 atom stereocenters. The summed E-state index contributed by atoms with van der Waals surface area (Å²) >= 11 is 0. The van der Waals surface area contributed by atoms with Gasteiger partial charge in [-0.3, -0.25) is 0 Å². The molecule has 1 rings (SSSR count). The van der Waals surface area contributed by atoms with Gasteiger partial charge in [0.15, 0.2) is 0 Å². The molecule has 0 aliphatic heterocycles. The minimum Gasteiger partial charge on any atom is -0.330 e. The standard InChI is InChI=1S/C10H14N/c1-9-4-6-10(7-5-9)3-2-8-11/h4-7H,1-3,8,11H2. The van der Waals surface area contributed by atoms with Gasteiger partial charge in [0, 0.05) is 0 Å². The lowest BCUT2D eigenvalue weighted by atomic mass is 10.1. The van der Waals surface area contributed by atoms with E-state index in [0.717, 1.165) is 24.9 Å². The molecule has 0 bridgehead atoms. The van der Waals surface area contributed by atoms with E-state index in [-0.39, 0.29) is 0 Å². The lowest BCUT2D eigenvalue weighted by molar-refractivity contribution is 0.832. The molecule has 11 heavy (non-hydrogen) atoms. The average molecular weight is 148 g/mol. The van der Waals surface area contributed by atoms with Gasteiger partial charge in [-0.15, -0.1) is 0 Å². The Hall–Kier alpha value is -0.820. The summed E-state index contributed by atoms with van der Waals surface area (Å²) in [5.41, 5.74) is 7.81. The van der Waals surface area contributed by atoms with Crippen molar-refractivity contribution < 1.29 is 0 Å². The van der Waals surface area contributed by atoms with Gasteiger partial charge in [-0.2, -0.15) is 0 Å². The first kappa shape index (κ1) is 8.28. The molecule has 0 saturated heterocycles. The monoisotopic (exact) mass is 148 g/mol. The Labute approximate surface area is 68.2 Å². The average Bonchev–Trinajstić information content (AvgIpc) is 2.04. The smallest absolute Gasteiger partial charge is 0.00741 e. The fraction of sp³-hybridized carbons (Fsp3) is 0.300. The maximum Gasteiger partial charge on any atom is -0.00741 e. The SMILES string of the molecule is [CH2]c1ccc(CCCN)cc1. The van der Waals surface area contributed by atoms with E-state index in [1.807, 2.05) is 12.1 Å². The van der Waals surface area contributed by atoms with Crippen molar-refractivity contribution in [3.05, 3.63) is 42.3 Å². The van der Waals surface area contributed by atoms with Crippen molar-refractivity contribution in [1.82, 2.24) is 0 Å². The molecule has 1 heteroatoms. The first-order chi connectivity index (χ1) is 5.33. The Kier molecular flexibility index (Phi) is 3.12. The summed E-state index contributed by atoms with van der Waals surface area (Å²) in [6, 6.07) is 8.29. The molecular formula is C10H14N. The molecule has 0 fully saturated rings. The molecule has 0 heterocycles. The van der Waals surface area contributed by atoms with Crippen LogP contribution in [0.25, 0.3) is 0 Å². The normalized spacial score (nSPS) is 10.0. The van der Waals surface area contributed by atoms with Crippen LogP contribution in [0.4, 0.5) is 0 Å². The van der Waals surface area contributed by atoms with Gasteiger partial charge in [0.1, 0.15) is 0 Å². The summed E-state index contributed by atoms with van der Waals surface area (Å²) in [6.07, 6.45) is 2.15. The number of hydrogen-bond acceptors (Lipinski definition) is 1. The van der Waals surface area contributed by atoms with E-state index in [1.54, 1.807) is 0 Å². The third-order valence-corrected chi connectivity index (χ3v) is 1.69. The van der Waals surface area contributed by atoms with E-state index < -0.39 is 0 Å². The van der Waals surface area contributed by atoms with Crippen molar-refractivity contribution >= 4 is 0 Å². The zero-order valence-corrected chi connectivity index (χ0v) is 6.72. The highest BCUT2D eigenvalue weighted by Crippen LogP contribution is 2.04. The van der Waals surface area contributed by atoms with E-state index in [4.69, 9.17) is 5.73 Å². The molecule has 1 aromatic carbocycles. The molecule has 0 aliphatic carbocycles. The first-order valence-corrected chi connectivity index (χ1v) is 3.94. The zero-order chi connectivity index (χ0) is 8.10. The van der Waals surface area contributed by atoms with E-state index in [0.29, 0.717) is 0 Å². The highest BCUT2D eigenvalue weighted by Gasteiger charge is 1.90. The van der Waals surface area contributed by atoms with Crippen LogP contribution in [-0.4, -0.2) is 6.54 Å². The molecular weight excluding hydrogens is 134 g/mol. The molecule has 0 aliphatic rings. The van der Waals surface area contributed by atoms with Gasteiger partial charge in [-0.1, -0.05) is 24.3 Å². The predicted octanol–water partition coefficient (Wildman–Crippen LogP) is 1.76. The van der Waals surface area contributed by atoms with Gasteiger partial charge >= 0.3 is 0 Å². The third-order valence-electron chi connectivity index (χ3n) is 1.69. The van der Waals surface area contributed by atoms with Crippen LogP contribution in [0.2, 0.25) is 0 Å². The number of nitrogens with two attached hydrogens (primary N) is 1. The van der Waals surface area contributed by atoms with E-state index >= 15 is 0 Å². The fourth-order valence-electron chi connectivity index (χ4n) is 1.01. The number of aryl methyl sites for hydroxylation is 1. The summed E-state index contributed by atoms with van der Waals surface area (Å²) < 4.78 is 0. The lowest BCUT2D eigenvalue weighted by Crippen LogP contribution is -2.00. The predicted molar refractivity (Wildman–Crippen MR) is 48.3 cm³/mol. The van der Waals surface area contributed by atoms with Crippen molar-refractivity contribution in [2.24, 2.45) is 5.73 Å². The van der Waals surface area contributed by atoms with Crippen molar-refractivity contribution in [2.45, 2.75) is 12.8 Å². The minimum absolute atomic E-state index is 0.770. The highest BCUT2D eigenvalue weighted by atomic mass is 14.5. The largest absolute Gasteiger partial charge is 0.330 e. The summed E-state index contributed by atoms with van der Waals surface area (Å²) in [4.78, 5) is 0. The van der Waals surface area contributed by atoms with Crippen molar-refractivity contribution in [3.63, 3.8) is 0 Å². The molecule has 0 amide bonds. The molecule has 0 spiro atoms. The molecule has 2 N–H and O–H groups in total. The Morgan fingerprint density at radius 2 is 1.82 bits per heavy atom. The van der Waals surface area contributed by atoms with Crippen molar-refractivity contribution in [3.8, 4) is 0 Å². The van der Waals surface area contributed by atoms with Crippen molar-refractivity contribution in [1.29, 1.82) is 0 Å². The number of rotatable bonds is 3. The van der Waals surface area contributed by atoms with Crippen LogP contribution in [0.1, 0.15) is 17.5 Å². The van der Waals surface area contributed by atoms with Gasteiger partial charge in [0.05, 0.1) is 0 Å². The van der Waals surface area contributed by atoms with E-state index in [1.165, 1.54) is 5.56 Å². The molecule has 0 saturated carbocycles. The second-order valence-electron chi connectivity index (χ2n) is 2.71. The van der Waals surface area contributed by atoms with Crippen LogP contribution in [0.15, 0.2) is 24.3 Å². The maximum absolute atomic E-state index is 5.39. The molecule has 59 valence electrons. The van der Waals surface area contributed by atoms with Gasteiger partial charge in [0.2, 0.25) is 0 Å². The van der Waals surface area contributed by atoms with Gasteiger partial charge in [-0.25, -0.2) is 0 Å². The van der Waals surface area contributed by atoms with Crippen molar-refractivity contribution in [2.75, 3.05) is 6.54 Å². The van der Waals surface area contributed by atoms with E-state index in [2.05, 4.69) is 19.1 Å². The van der Waals surface area contributed by atoms with Gasteiger partial charge < -0.3 is 5.73 Å². The highest BCUT2D eigenvalue weighted by molar-refractivity contribution is 5.24. The molecule has 0 aromatic heterocycles. The van der Waals surface area contributed by atoms with Crippen LogP contribution in [0.5, 0.6) is 0 Å². The topological polar surface area (TPSA) is 26.0 Å². The summed E-state index contributed by atoms with van der Waals surface area (Å²) in [6.45, 7) is 4.59. The van der Waals surface area contributed by atoms with Gasteiger partial charge in [-0.05, 0) is 37.4 Å². The Balaban J connectivity index is 2.52. The maximum atomic E-state index is 5.39. The van der Waals surface area contributed by atoms with Crippen LogP contribution >= 0.6 is 0 Å². The van der Waals surface area contributed by atoms with Crippen LogP contribution in [0, 0.1) is 6.92 Å². The Morgan fingerprint density at radius 1 is 1.18 bits per heavy atom. The zero-order valence-electron chi connectivity index (χ0n) is 6.72. The molecule has 1 nitrogen and oxygen atoms in total. The second-order valence-corrected chi connectivity index (χ2v) is 2.71. The number of benzene rings is 1. The summed E-state index contributed by atoms with van der Waals surface area (Å²) in [7, 11) is 0. The van der Waals surface area contributed by atoms with Crippen LogP contribution in [0.3, 0.4) is 0 Å². The molecule has 1 aromatic rings. The third kappa shape index (κ3) is 2.72. The first-order valence-electron chi connectivity index (χ1n) is 3.94. The van der Waals surface area contributed by atoms with E-state index in [9.17, 15) is 0 Å². The summed E-state index contributed by atoms with van der Waals surface area (Å²) in [5, 5.41) is 0. The van der Waals surface area contributed by atoms with Crippen LogP contribution in [-0.2, 0) is 6.42 Å². The quantitative estimate of drug-likeness (QED) is 0.694. The molecule has 0 unspecified atom stereocenters.